The first-order valence-corrected chi connectivity index (χ1v) is 7.83. The normalized spacial score (nSPS) is 13.0. The van der Waals surface area contributed by atoms with Crippen LogP contribution in [0.25, 0.3) is 0 Å². The molecule has 0 spiro atoms. The summed E-state index contributed by atoms with van der Waals surface area (Å²) in [7, 11) is 1.94. The van der Waals surface area contributed by atoms with Gasteiger partial charge in [-0.05, 0) is 51.9 Å². The molecule has 1 aromatic rings. The summed E-state index contributed by atoms with van der Waals surface area (Å²) in [4.78, 5) is 13.7. The number of likely N-dealkylation sites (N-methyl/N-ethyl adjacent to an activating group) is 1. The zero-order valence-corrected chi connectivity index (χ0v) is 14.4. The second kappa shape index (κ2) is 8.84. The molecule has 0 saturated carbocycles. The van der Waals surface area contributed by atoms with Gasteiger partial charge in [-0.3, -0.25) is 4.90 Å². The molecule has 5 nitrogen and oxygen atoms in total. The molecule has 0 fully saturated rings. The molecule has 0 aliphatic carbocycles. The number of rotatable bonds is 7. The fraction of sp³-hybridized carbons (Fsp3) is 0.588. The molecule has 0 saturated heterocycles. The lowest BCUT2D eigenvalue weighted by Crippen LogP contribution is -2.41. The summed E-state index contributed by atoms with van der Waals surface area (Å²) in [5.74, 6) is -0.244. The Balaban J connectivity index is 2.42. The van der Waals surface area contributed by atoms with E-state index in [1.165, 1.54) is 12.1 Å². The van der Waals surface area contributed by atoms with E-state index in [0.717, 1.165) is 5.56 Å². The summed E-state index contributed by atoms with van der Waals surface area (Å²) in [6, 6.07) is 6.61. The van der Waals surface area contributed by atoms with E-state index in [0.29, 0.717) is 26.1 Å². The van der Waals surface area contributed by atoms with Crippen LogP contribution in [-0.4, -0.2) is 42.8 Å². The molecule has 23 heavy (non-hydrogen) atoms. The van der Waals surface area contributed by atoms with E-state index in [2.05, 4.69) is 10.2 Å². The number of benzene rings is 1. The summed E-state index contributed by atoms with van der Waals surface area (Å²) in [6.45, 7) is 7.00. The summed E-state index contributed by atoms with van der Waals surface area (Å²) >= 11 is 0. The first kappa shape index (κ1) is 19.4. The zero-order valence-electron chi connectivity index (χ0n) is 14.4. The first-order valence-electron chi connectivity index (χ1n) is 7.83. The number of nitrogens with one attached hydrogen (secondary N) is 1. The lowest BCUT2D eigenvalue weighted by Gasteiger charge is -2.27. The number of carbonyl (C=O) groups excluding carboxylic acids is 1. The summed E-state index contributed by atoms with van der Waals surface area (Å²) in [5.41, 5.74) is 6.20. The van der Waals surface area contributed by atoms with Crippen molar-refractivity contribution in [2.45, 2.75) is 45.4 Å². The minimum Gasteiger partial charge on any atom is -0.444 e. The van der Waals surface area contributed by atoms with E-state index >= 15 is 0 Å². The van der Waals surface area contributed by atoms with Crippen LogP contribution >= 0.6 is 0 Å². The summed E-state index contributed by atoms with van der Waals surface area (Å²) in [5, 5.41) is 2.73. The Morgan fingerprint density at radius 3 is 2.70 bits per heavy atom. The molecule has 3 N–H and O–H groups in total. The van der Waals surface area contributed by atoms with Gasteiger partial charge in [0.05, 0.1) is 0 Å². The molecule has 130 valence electrons. The molecule has 1 aromatic carbocycles. The molecule has 0 bridgehead atoms. The Labute approximate surface area is 138 Å². The van der Waals surface area contributed by atoms with Gasteiger partial charge >= 0.3 is 6.09 Å². The largest absolute Gasteiger partial charge is 0.444 e. The second-order valence-electron chi connectivity index (χ2n) is 6.65. The SMILES string of the molecule is CN(Cc1cccc(F)c1)C(CN)CCNC(=O)OC(C)(C)C. The number of hydrogen-bond acceptors (Lipinski definition) is 4. The van der Waals surface area contributed by atoms with Crippen molar-refractivity contribution in [3.63, 3.8) is 0 Å². The maximum Gasteiger partial charge on any atom is 0.407 e. The van der Waals surface area contributed by atoms with Crippen LogP contribution < -0.4 is 11.1 Å². The second-order valence-corrected chi connectivity index (χ2v) is 6.65. The highest BCUT2D eigenvalue weighted by molar-refractivity contribution is 5.67. The Morgan fingerprint density at radius 1 is 1.43 bits per heavy atom. The van der Waals surface area contributed by atoms with E-state index in [4.69, 9.17) is 10.5 Å². The van der Waals surface area contributed by atoms with Crippen LogP contribution in [0.1, 0.15) is 32.8 Å². The maximum absolute atomic E-state index is 13.2. The average Bonchev–Trinajstić information content (AvgIpc) is 2.41. The molecule has 1 atom stereocenters. The Bertz CT molecular complexity index is 503. The van der Waals surface area contributed by atoms with Crippen LogP contribution in [-0.2, 0) is 11.3 Å². The number of carbonyl (C=O) groups is 1. The van der Waals surface area contributed by atoms with Crippen LogP contribution in [0.15, 0.2) is 24.3 Å². The average molecular weight is 325 g/mol. The van der Waals surface area contributed by atoms with Crippen molar-refractivity contribution in [1.82, 2.24) is 10.2 Å². The zero-order chi connectivity index (χ0) is 17.5. The minimum absolute atomic E-state index is 0.0909. The summed E-state index contributed by atoms with van der Waals surface area (Å²) in [6.07, 6.45) is 0.266. The molecule has 0 heterocycles. The predicted molar refractivity (Wildman–Crippen MR) is 89.6 cm³/mol. The van der Waals surface area contributed by atoms with Gasteiger partial charge in [-0.15, -0.1) is 0 Å². The van der Waals surface area contributed by atoms with Crippen molar-refractivity contribution in [1.29, 1.82) is 0 Å². The van der Waals surface area contributed by atoms with Crippen molar-refractivity contribution in [3.05, 3.63) is 35.6 Å². The third-order valence-electron chi connectivity index (χ3n) is 3.36. The van der Waals surface area contributed by atoms with Crippen molar-refractivity contribution in [2.24, 2.45) is 5.73 Å². The quantitative estimate of drug-likeness (QED) is 0.808. The third-order valence-corrected chi connectivity index (χ3v) is 3.36. The lowest BCUT2D eigenvalue weighted by molar-refractivity contribution is 0.0522. The van der Waals surface area contributed by atoms with Gasteiger partial charge < -0.3 is 15.8 Å². The monoisotopic (exact) mass is 325 g/mol. The highest BCUT2D eigenvalue weighted by Gasteiger charge is 2.17. The molecule has 0 aliphatic rings. The smallest absolute Gasteiger partial charge is 0.407 e. The van der Waals surface area contributed by atoms with Crippen LogP contribution in [0.4, 0.5) is 9.18 Å². The van der Waals surface area contributed by atoms with Crippen LogP contribution in [0, 0.1) is 5.82 Å². The predicted octanol–water partition coefficient (Wildman–Crippen LogP) is 2.50. The van der Waals surface area contributed by atoms with Crippen molar-refractivity contribution in [3.8, 4) is 0 Å². The number of hydrogen-bond donors (Lipinski definition) is 2. The van der Waals surface area contributed by atoms with E-state index in [1.807, 2.05) is 33.9 Å². The molecular formula is C17H28FN3O2. The Hall–Kier alpha value is -1.66. The standard InChI is InChI=1S/C17H28FN3O2/c1-17(2,3)23-16(22)20-9-8-15(11-19)21(4)12-13-6-5-7-14(18)10-13/h5-7,10,15H,8-9,11-12,19H2,1-4H3,(H,20,22). The third kappa shape index (κ3) is 7.95. The Morgan fingerprint density at radius 2 is 2.13 bits per heavy atom. The minimum atomic E-state index is -0.508. The van der Waals surface area contributed by atoms with Gasteiger partial charge in [0.15, 0.2) is 0 Å². The van der Waals surface area contributed by atoms with Crippen LogP contribution in [0.2, 0.25) is 0 Å². The molecule has 1 rings (SSSR count). The molecule has 6 heteroatoms. The highest BCUT2D eigenvalue weighted by Crippen LogP contribution is 2.10. The van der Waals surface area contributed by atoms with E-state index < -0.39 is 11.7 Å². The Kier molecular flexibility index (Phi) is 7.45. The fourth-order valence-electron chi connectivity index (χ4n) is 2.23. The number of halogens is 1. The number of nitrogens with zero attached hydrogens (tertiary/aromatic N) is 1. The van der Waals surface area contributed by atoms with Crippen LogP contribution in [0.5, 0.6) is 0 Å². The molecule has 0 aromatic heterocycles. The summed E-state index contributed by atoms with van der Waals surface area (Å²) < 4.78 is 18.4. The van der Waals surface area contributed by atoms with Gasteiger partial charge in [0.25, 0.3) is 0 Å². The number of nitrogens with two attached hydrogens (primary N) is 1. The fourth-order valence-corrected chi connectivity index (χ4v) is 2.23. The molecular weight excluding hydrogens is 297 g/mol. The molecule has 1 amide bonds. The van der Waals surface area contributed by atoms with Gasteiger partial charge in [0, 0.05) is 25.7 Å². The van der Waals surface area contributed by atoms with Gasteiger partial charge in [-0.1, -0.05) is 12.1 Å². The highest BCUT2D eigenvalue weighted by atomic mass is 19.1. The number of amides is 1. The van der Waals surface area contributed by atoms with Gasteiger partial charge in [-0.2, -0.15) is 0 Å². The number of alkyl carbamates (subject to hydrolysis) is 1. The molecule has 0 radical (unpaired) electrons. The first-order chi connectivity index (χ1) is 10.7. The molecule has 1 unspecified atom stereocenters. The molecule has 0 aliphatic heterocycles. The van der Waals surface area contributed by atoms with E-state index in [1.54, 1.807) is 6.07 Å². The maximum atomic E-state index is 13.2. The van der Waals surface area contributed by atoms with Gasteiger partial charge in [0.2, 0.25) is 0 Å². The lowest BCUT2D eigenvalue weighted by atomic mass is 10.1. The van der Waals surface area contributed by atoms with Gasteiger partial charge in [-0.25, -0.2) is 9.18 Å². The topological polar surface area (TPSA) is 67.6 Å². The van der Waals surface area contributed by atoms with Crippen molar-refractivity contribution in [2.75, 3.05) is 20.1 Å². The van der Waals surface area contributed by atoms with Crippen molar-refractivity contribution >= 4 is 6.09 Å². The van der Waals surface area contributed by atoms with Crippen LogP contribution in [0.3, 0.4) is 0 Å². The van der Waals surface area contributed by atoms with E-state index in [9.17, 15) is 9.18 Å². The number of ether oxygens (including phenoxy) is 1. The van der Waals surface area contributed by atoms with E-state index in [-0.39, 0.29) is 11.9 Å². The van der Waals surface area contributed by atoms with Crippen molar-refractivity contribution < 1.29 is 13.9 Å². The van der Waals surface area contributed by atoms with Gasteiger partial charge in [0.1, 0.15) is 11.4 Å².